The SMILES string of the molecule is [2H]C([2H])([2H])B(OC(C)C)OC(C)C. The van der Waals surface area contributed by atoms with Crippen molar-refractivity contribution in [3.8, 4) is 0 Å². The van der Waals surface area contributed by atoms with Gasteiger partial charge < -0.3 is 9.31 Å². The highest BCUT2D eigenvalue weighted by molar-refractivity contribution is 6.42. The first-order valence-electron chi connectivity index (χ1n) is 5.04. The van der Waals surface area contributed by atoms with Crippen molar-refractivity contribution in [3.05, 3.63) is 0 Å². The first-order chi connectivity index (χ1) is 5.73. The van der Waals surface area contributed by atoms with Crippen LogP contribution in [-0.4, -0.2) is 19.3 Å². The van der Waals surface area contributed by atoms with Gasteiger partial charge in [0.25, 0.3) is 0 Å². The maximum absolute atomic E-state index is 7.16. The minimum absolute atomic E-state index is 0.149. The Labute approximate surface area is 68.3 Å². The van der Waals surface area contributed by atoms with E-state index in [1.54, 1.807) is 27.7 Å². The van der Waals surface area contributed by atoms with Crippen molar-refractivity contribution in [3.63, 3.8) is 0 Å². The second kappa shape index (κ2) is 4.75. The van der Waals surface area contributed by atoms with Crippen molar-refractivity contribution in [1.82, 2.24) is 0 Å². The summed E-state index contributed by atoms with van der Waals surface area (Å²) in [7, 11) is -1.12. The van der Waals surface area contributed by atoms with Gasteiger partial charge >= 0.3 is 7.12 Å². The van der Waals surface area contributed by atoms with Crippen LogP contribution in [0.15, 0.2) is 0 Å². The monoisotopic (exact) mass is 147 g/mol. The molecule has 0 N–H and O–H groups in total. The molecule has 0 bridgehead atoms. The van der Waals surface area contributed by atoms with Crippen molar-refractivity contribution in [2.24, 2.45) is 0 Å². The standard InChI is InChI=1S/C7H17BO2/c1-6(2)9-8(5)10-7(3)4/h6-7H,1-5H3/i5D3. The zero-order chi connectivity index (χ0) is 10.6. The van der Waals surface area contributed by atoms with Gasteiger partial charge in [-0.15, -0.1) is 0 Å². The molecule has 0 saturated heterocycles. The molecule has 0 saturated carbocycles. The van der Waals surface area contributed by atoms with E-state index < -0.39 is 13.9 Å². The fourth-order valence-corrected chi connectivity index (χ4v) is 0.526. The van der Waals surface area contributed by atoms with Crippen LogP contribution >= 0.6 is 0 Å². The molecule has 0 rings (SSSR count). The fourth-order valence-electron chi connectivity index (χ4n) is 0.526. The zero-order valence-electron chi connectivity index (χ0n) is 10.0. The van der Waals surface area contributed by atoms with Crippen molar-refractivity contribution in [2.75, 3.05) is 0 Å². The third kappa shape index (κ3) is 6.11. The van der Waals surface area contributed by atoms with Gasteiger partial charge in [0.05, 0.1) is 0 Å². The van der Waals surface area contributed by atoms with E-state index in [-0.39, 0.29) is 12.2 Å². The summed E-state index contributed by atoms with van der Waals surface area (Å²) in [5, 5.41) is 0. The zero-order valence-corrected chi connectivity index (χ0v) is 7.05. The number of hydrogen-bond donors (Lipinski definition) is 0. The van der Waals surface area contributed by atoms with Crippen LogP contribution in [0.25, 0.3) is 0 Å². The van der Waals surface area contributed by atoms with E-state index in [0.717, 1.165) is 0 Å². The predicted octanol–water partition coefficient (Wildman–Crippen LogP) is 1.95. The highest BCUT2D eigenvalue weighted by Gasteiger charge is 2.12. The van der Waals surface area contributed by atoms with Crippen LogP contribution < -0.4 is 0 Å². The third-order valence-corrected chi connectivity index (χ3v) is 0.792. The van der Waals surface area contributed by atoms with Gasteiger partial charge in [-0.2, -0.15) is 0 Å². The Balaban J connectivity index is 4.20. The van der Waals surface area contributed by atoms with Gasteiger partial charge in [-0.05, 0) is 34.4 Å². The molecule has 0 heterocycles. The quantitative estimate of drug-likeness (QED) is 0.566. The van der Waals surface area contributed by atoms with Gasteiger partial charge in [0.2, 0.25) is 0 Å². The van der Waals surface area contributed by atoms with Gasteiger partial charge in [0.1, 0.15) is 0 Å². The smallest absolute Gasteiger partial charge is 0.409 e. The van der Waals surface area contributed by atoms with E-state index in [2.05, 4.69) is 0 Å². The van der Waals surface area contributed by atoms with E-state index in [4.69, 9.17) is 13.4 Å². The largest absolute Gasteiger partial charge is 0.453 e. The molecule has 60 valence electrons. The molecule has 0 aromatic carbocycles. The molecule has 0 aromatic rings. The molecule has 0 radical (unpaired) electrons. The van der Waals surface area contributed by atoms with Crippen molar-refractivity contribution < 1.29 is 13.4 Å². The average molecular weight is 147 g/mol. The molecule has 0 fully saturated rings. The summed E-state index contributed by atoms with van der Waals surface area (Å²) in [5.74, 6) is 0. The summed E-state index contributed by atoms with van der Waals surface area (Å²) in [6, 6.07) is 0. The van der Waals surface area contributed by atoms with Crippen molar-refractivity contribution in [2.45, 2.75) is 46.7 Å². The molecule has 2 nitrogen and oxygen atoms in total. The summed E-state index contributed by atoms with van der Waals surface area (Å²) in [6.07, 6.45) is -0.298. The lowest BCUT2D eigenvalue weighted by molar-refractivity contribution is 0.134. The molecule has 0 aliphatic carbocycles. The first-order valence-corrected chi connectivity index (χ1v) is 3.54. The predicted molar refractivity (Wildman–Crippen MR) is 44.1 cm³/mol. The first kappa shape index (κ1) is 5.61. The summed E-state index contributed by atoms with van der Waals surface area (Å²) in [5.41, 5.74) is 0. The molecule has 3 heteroatoms. The Morgan fingerprint density at radius 3 is 1.70 bits per heavy atom. The fraction of sp³-hybridized carbons (Fsp3) is 1.00. The van der Waals surface area contributed by atoms with Crippen LogP contribution in [0, 0.1) is 0 Å². The highest BCUT2D eigenvalue weighted by Crippen LogP contribution is 1.98. The van der Waals surface area contributed by atoms with Gasteiger partial charge in [-0.1, -0.05) is 0 Å². The van der Waals surface area contributed by atoms with Gasteiger partial charge in [-0.25, -0.2) is 0 Å². The Morgan fingerprint density at radius 2 is 1.50 bits per heavy atom. The maximum atomic E-state index is 7.16. The summed E-state index contributed by atoms with van der Waals surface area (Å²) in [6.45, 7) is 4.91. The number of rotatable bonds is 4. The Kier molecular flexibility index (Phi) is 2.66. The van der Waals surface area contributed by atoms with Crippen LogP contribution in [-0.2, 0) is 9.31 Å². The molecule has 0 amide bonds. The molecule has 10 heavy (non-hydrogen) atoms. The van der Waals surface area contributed by atoms with Crippen LogP contribution in [0.1, 0.15) is 31.8 Å². The number of hydrogen-bond acceptors (Lipinski definition) is 2. The van der Waals surface area contributed by atoms with Crippen LogP contribution in [0.2, 0.25) is 6.75 Å². The van der Waals surface area contributed by atoms with Crippen LogP contribution in [0.3, 0.4) is 0 Å². The second-order valence-corrected chi connectivity index (χ2v) is 2.70. The Morgan fingerprint density at radius 1 is 1.10 bits per heavy atom. The molecular formula is C7H17BO2. The summed E-state index contributed by atoms with van der Waals surface area (Å²) in [4.78, 5) is 0. The lowest BCUT2D eigenvalue weighted by Gasteiger charge is -2.15. The van der Waals surface area contributed by atoms with Gasteiger partial charge in [0, 0.05) is 16.3 Å². The van der Waals surface area contributed by atoms with E-state index in [1.165, 1.54) is 0 Å². The minimum Gasteiger partial charge on any atom is -0.409 e. The van der Waals surface area contributed by atoms with E-state index in [1.807, 2.05) is 0 Å². The second-order valence-electron chi connectivity index (χ2n) is 2.70. The van der Waals surface area contributed by atoms with Crippen LogP contribution in [0.5, 0.6) is 0 Å². The maximum Gasteiger partial charge on any atom is 0.453 e. The average Bonchev–Trinajstić information content (AvgIpc) is 1.81. The van der Waals surface area contributed by atoms with Gasteiger partial charge in [0.15, 0.2) is 0 Å². The van der Waals surface area contributed by atoms with Crippen LogP contribution in [0.4, 0.5) is 0 Å². The van der Waals surface area contributed by atoms with Crippen molar-refractivity contribution in [1.29, 1.82) is 0 Å². The topological polar surface area (TPSA) is 18.5 Å². The summed E-state index contributed by atoms with van der Waals surface area (Å²) < 4.78 is 31.8. The normalized spacial score (nSPS) is 16.8. The van der Waals surface area contributed by atoms with E-state index in [9.17, 15) is 0 Å². The summed E-state index contributed by atoms with van der Waals surface area (Å²) >= 11 is 0. The molecule has 0 aliphatic heterocycles. The lowest BCUT2D eigenvalue weighted by Crippen LogP contribution is -2.25. The third-order valence-electron chi connectivity index (χ3n) is 0.792. The highest BCUT2D eigenvalue weighted by atomic mass is 16.6. The van der Waals surface area contributed by atoms with E-state index >= 15 is 0 Å². The molecule has 0 atom stereocenters. The van der Waals surface area contributed by atoms with Gasteiger partial charge in [-0.3, -0.25) is 0 Å². The molecule has 0 spiro atoms. The Bertz CT molecular complexity index is 137. The van der Waals surface area contributed by atoms with Crippen molar-refractivity contribution >= 4 is 7.12 Å². The molecule has 0 aliphatic rings. The van der Waals surface area contributed by atoms with E-state index in [0.29, 0.717) is 0 Å². The lowest BCUT2D eigenvalue weighted by atomic mass is 9.94. The minimum atomic E-state index is -2.21. The molecule has 0 aromatic heterocycles. The molecular weight excluding hydrogens is 127 g/mol. The molecule has 0 unspecified atom stereocenters. The Hall–Kier alpha value is -0.0151.